The molecular formula is C13H16N4OS2. The normalized spacial score (nSPS) is 9.15. The SMILES string of the molecule is CC.Cc1nc(NC(=S)NC(=O)c2ccccc2)ns1. The maximum atomic E-state index is 11.8. The molecule has 0 saturated carbocycles. The molecule has 7 heteroatoms. The van der Waals surface area contributed by atoms with Gasteiger partial charge in [0.2, 0.25) is 5.95 Å². The number of hydrogen-bond donors (Lipinski definition) is 2. The molecule has 0 fully saturated rings. The summed E-state index contributed by atoms with van der Waals surface area (Å²) in [5, 5.41) is 6.32. The van der Waals surface area contributed by atoms with Gasteiger partial charge in [-0.2, -0.15) is 4.37 Å². The standard InChI is InChI=1S/C11H10N4OS2.C2H6/c1-7-12-10(15-18-7)14-11(17)13-9(16)8-5-3-2-4-6-8;1-2/h2-6H,1H3,(H2,13,14,15,16,17);1-2H3. The molecule has 2 N–H and O–H groups in total. The molecule has 1 aromatic carbocycles. The molecule has 106 valence electrons. The van der Waals surface area contributed by atoms with E-state index < -0.39 is 0 Å². The minimum absolute atomic E-state index is 0.182. The Kier molecular flexibility index (Phi) is 6.75. The molecule has 20 heavy (non-hydrogen) atoms. The summed E-state index contributed by atoms with van der Waals surface area (Å²) >= 11 is 6.27. The van der Waals surface area contributed by atoms with Gasteiger partial charge in [0, 0.05) is 5.56 Å². The quantitative estimate of drug-likeness (QED) is 0.835. The van der Waals surface area contributed by atoms with Crippen LogP contribution in [0.4, 0.5) is 5.95 Å². The van der Waals surface area contributed by atoms with E-state index >= 15 is 0 Å². The van der Waals surface area contributed by atoms with Crippen molar-refractivity contribution in [1.82, 2.24) is 14.7 Å². The first kappa shape index (κ1) is 16.2. The van der Waals surface area contributed by atoms with Crippen LogP contribution in [0.2, 0.25) is 0 Å². The number of carbonyl (C=O) groups excluding carboxylic acids is 1. The van der Waals surface area contributed by atoms with Gasteiger partial charge in [0.05, 0.1) is 0 Å². The van der Waals surface area contributed by atoms with Gasteiger partial charge < -0.3 is 5.32 Å². The fourth-order valence-electron chi connectivity index (χ4n) is 1.25. The van der Waals surface area contributed by atoms with Gasteiger partial charge in [0.15, 0.2) is 5.11 Å². The molecule has 0 radical (unpaired) electrons. The molecular weight excluding hydrogens is 292 g/mol. The summed E-state index contributed by atoms with van der Waals surface area (Å²) in [7, 11) is 0. The smallest absolute Gasteiger partial charge is 0.257 e. The third-order valence-electron chi connectivity index (χ3n) is 2.02. The average molecular weight is 308 g/mol. The van der Waals surface area contributed by atoms with E-state index in [1.54, 1.807) is 24.3 Å². The molecule has 2 aromatic rings. The monoisotopic (exact) mass is 308 g/mol. The summed E-state index contributed by atoms with van der Waals surface area (Å²) in [4.78, 5) is 15.9. The second kappa shape index (κ2) is 8.34. The molecule has 0 bridgehead atoms. The lowest BCUT2D eigenvalue weighted by Crippen LogP contribution is -2.34. The molecule has 0 spiro atoms. The van der Waals surface area contributed by atoms with Gasteiger partial charge in [-0.3, -0.25) is 10.1 Å². The number of anilines is 1. The minimum Gasteiger partial charge on any atom is -0.300 e. The number of rotatable bonds is 2. The third kappa shape index (κ3) is 5.02. The van der Waals surface area contributed by atoms with Crippen LogP contribution in [0.1, 0.15) is 29.2 Å². The van der Waals surface area contributed by atoms with E-state index in [2.05, 4.69) is 20.0 Å². The van der Waals surface area contributed by atoms with Crippen molar-refractivity contribution in [2.45, 2.75) is 20.8 Å². The zero-order valence-electron chi connectivity index (χ0n) is 11.5. The lowest BCUT2D eigenvalue weighted by Gasteiger charge is -2.06. The summed E-state index contributed by atoms with van der Waals surface area (Å²) in [5.74, 6) is 0.135. The predicted octanol–water partition coefficient (Wildman–Crippen LogP) is 3.00. The Balaban J connectivity index is 0.000000956. The Morgan fingerprint density at radius 2 is 1.90 bits per heavy atom. The van der Waals surface area contributed by atoms with Gasteiger partial charge in [-0.15, -0.1) is 0 Å². The number of benzene rings is 1. The number of nitrogens with zero attached hydrogens (tertiary/aromatic N) is 2. The highest BCUT2D eigenvalue weighted by atomic mass is 32.1. The van der Waals surface area contributed by atoms with Gasteiger partial charge >= 0.3 is 0 Å². The van der Waals surface area contributed by atoms with E-state index in [0.29, 0.717) is 11.5 Å². The van der Waals surface area contributed by atoms with E-state index in [0.717, 1.165) is 5.01 Å². The summed E-state index contributed by atoms with van der Waals surface area (Å²) in [6.45, 7) is 5.84. The van der Waals surface area contributed by atoms with Crippen LogP contribution >= 0.6 is 23.8 Å². The molecule has 0 unspecified atom stereocenters. The molecule has 5 nitrogen and oxygen atoms in total. The van der Waals surface area contributed by atoms with Crippen molar-refractivity contribution in [2.75, 3.05) is 5.32 Å². The Labute approximate surface area is 127 Å². The summed E-state index contributed by atoms with van der Waals surface area (Å²) < 4.78 is 4.02. The van der Waals surface area contributed by atoms with Gasteiger partial charge in [-0.05, 0) is 42.8 Å². The van der Waals surface area contributed by atoms with Crippen LogP contribution in [0.5, 0.6) is 0 Å². The number of aromatic nitrogens is 2. The number of amides is 1. The van der Waals surface area contributed by atoms with Gasteiger partial charge in [0.1, 0.15) is 5.01 Å². The zero-order chi connectivity index (χ0) is 15.0. The number of carbonyl (C=O) groups is 1. The second-order valence-corrected chi connectivity index (χ2v) is 4.78. The number of aryl methyl sites for hydroxylation is 1. The van der Waals surface area contributed by atoms with Crippen molar-refractivity contribution < 1.29 is 4.79 Å². The lowest BCUT2D eigenvalue weighted by atomic mass is 10.2. The van der Waals surface area contributed by atoms with E-state index in [9.17, 15) is 4.79 Å². The highest BCUT2D eigenvalue weighted by Gasteiger charge is 2.08. The van der Waals surface area contributed by atoms with Crippen molar-refractivity contribution in [3.63, 3.8) is 0 Å². The molecule has 0 atom stereocenters. The summed E-state index contributed by atoms with van der Waals surface area (Å²) in [5.41, 5.74) is 0.545. The topological polar surface area (TPSA) is 66.9 Å². The number of hydrogen-bond acceptors (Lipinski definition) is 5. The zero-order valence-corrected chi connectivity index (χ0v) is 13.1. The fraction of sp³-hybridized carbons (Fsp3) is 0.231. The molecule has 0 aliphatic heterocycles. The van der Waals surface area contributed by atoms with Crippen LogP contribution in [0.3, 0.4) is 0 Å². The van der Waals surface area contributed by atoms with E-state index in [1.165, 1.54) is 11.5 Å². The fourth-order valence-corrected chi connectivity index (χ4v) is 1.86. The maximum Gasteiger partial charge on any atom is 0.257 e. The molecule has 1 aromatic heterocycles. The van der Waals surface area contributed by atoms with E-state index in [4.69, 9.17) is 12.2 Å². The van der Waals surface area contributed by atoms with Crippen LogP contribution in [0, 0.1) is 6.92 Å². The van der Waals surface area contributed by atoms with Crippen molar-refractivity contribution in [2.24, 2.45) is 0 Å². The highest BCUT2D eigenvalue weighted by Crippen LogP contribution is 2.06. The minimum atomic E-state index is -0.264. The average Bonchev–Trinajstić information content (AvgIpc) is 2.87. The van der Waals surface area contributed by atoms with Crippen LogP contribution in [0.25, 0.3) is 0 Å². The Bertz CT molecular complexity index is 569. The van der Waals surface area contributed by atoms with Gasteiger partial charge in [-0.1, -0.05) is 32.0 Å². The Hall–Kier alpha value is -1.86. The van der Waals surface area contributed by atoms with Crippen LogP contribution in [-0.4, -0.2) is 20.4 Å². The van der Waals surface area contributed by atoms with E-state index in [1.807, 2.05) is 26.8 Å². The van der Waals surface area contributed by atoms with Crippen LogP contribution in [-0.2, 0) is 0 Å². The van der Waals surface area contributed by atoms with Crippen molar-refractivity contribution in [3.8, 4) is 0 Å². The lowest BCUT2D eigenvalue weighted by molar-refractivity contribution is 0.0978. The highest BCUT2D eigenvalue weighted by molar-refractivity contribution is 7.80. The molecule has 0 aliphatic rings. The molecule has 0 saturated heterocycles. The summed E-state index contributed by atoms with van der Waals surface area (Å²) in [6, 6.07) is 8.84. The third-order valence-corrected chi connectivity index (χ3v) is 2.84. The Morgan fingerprint density at radius 1 is 1.25 bits per heavy atom. The van der Waals surface area contributed by atoms with Crippen LogP contribution < -0.4 is 10.6 Å². The predicted molar refractivity (Wildman–Crippen MR) is 86.1 cm³/mol. The van der Waals surface area contributed by atoms with Crippen LogP contribution in [0.15, 0.2) is 30.3 Å². The molecule has 1 amide bonds. The first-order valence-corrected chi connectivity index (χ1v) is 7.31. The largest absolute Gasteiger partial charge is 0.300 e. The van der Waals surface area contributed by atoms with Crippen molar-refractivity contribution >= 4 is 40.7 Å². The van der Waals surface area contributed by atoms with Gasteiger partial charge in [-0.25, -0.2) is 4.98 Å². The molecule has 1 heterocycles. The first-order chi connectivity index (χ1) is 9.65. The summed E-state index contributed by atoms with van der Waals surface area (Å²) in [6.07, 6.45) is 0. The first-order valence-electron chi connectivity index (χ1n) is 6.13. The van der Waals surface area contributed by atoms with Crippen molar-refractivity contribution in [1.29, 1.82) is 0 Å². The van der Waals surface area contributed by atoms with E-state index in [-0.39, 0.29) is 11.0 Å². The second-order valence-electron chi connectivity index (χ2n) is 3.41. The van der Waals surface area contributed by atoms with Gasteiger partial charge in [0.25, 0.3) is 5.91 Å². The Morgan fingerprint density at radius 3 is 2.45 bits per heavy atom. The number of thiocarbonyl (C=S) groups is 1. The molecule has 0 aliphatic carbocycles. The molecule has 2 rings (SSSR count). The number of nitrogens with one attached hydrogen (secondary N) is 2. The maximum absolute atomic E-state index is 11.8. The van der Waals surface area contributed by atoms with Crippen molar-refractivity contribution in [3.05, 3.63) is 40.9 Å².